The molecule has 2 heterocycles. The van der Waals surface area contributed by atoms with Crippen LogP contribution in [0.4, 0.5) is 5.69 Å². The van der Waals surface area contributed by atoms with Crippen LogP contribution in [0.5, 0.6) is 0 Å². The number of hydrogen-bond acceptors (Lipinski definition) is 3. The van der Waals surface area contributed by atoms with Gasteiger partial charge in [-0.05, 0) is 62.8 Å². The molecule has 4 rings (SSSR count). The molecule has 156 valence electrons. The number of aromatic nitrogens is 2. The number of piperidine rings is 1. The normalized spacial score (nSPS) is 18.1. The standard InChI is InChI=1S/C24H34N4O/c1-19-17-23(25-28(19)22-9-5-3-6-10-22)24(29)26(2)18-20-11-13-21(14-12-20)27-15-7-4-8-16-27/h11-14,17,22H,3-10,15-16,18H2,1-2H3. The van der Waals surface area contributed by atoms with Gasteiger partial charge in [-0.3, -0.25) is 9.48 Å². The van der Waals surface area contributed by atoms with Gasteiger partial charge in [-0.15, -0.1) is 0 Å². The Bertz CT molecular complexity index is 814. The lowest BCUT2D eigenvalue weighted by Crippen LogP contribution is -2.29. The van der Waals surface area contributed by atoms with E-state index < -0.39 is 0 Å². The van der Waals surface area contributed by atoms with Crippen molar-refractivity contribution in [3.8, 4) is 0 Å². The second-order valence-corrected chi connectivity index (χ2v) is 8.78. The van der Waals surface area contributed by atoms with E-state index in [2.05, 4.69) is 40.8 Å². The highest BCUT2D eigenvalue weighted by molar-refractivity contribution is 5.92. The van der Waals surface area contributed by atoms with Crippen molar-refractivity contribution in [1.82, 2.24) is 14.7 Å². The lowest BCUT2D eigenvalue weighted by molar-refractivity contribution is 0.0777. The van der Waals surface area contributed by atoms with E-state index in [1.54, 1.807) is 4.90 Å². The molecule has 1 saturated heterocycles. The molecule has 0 spiro atoms. The number of anilines is 1. The van der Waals surface area contributed by atoms with Crippen LogP contribution in [0.3, 0.4) is 0 Å². The summed E-state index contributed by atoms with van der Waals surface area (Å²) in [5.74, 6) is 0.00256. The summed E-state index contributed by atoms with van der Waals surface area (Å²) in [5, 5.41) is 4.69. The molecule has 29 heavy (non-hydrogen) atoms. The van der Waals surface area contributed by atoms with Gasteiger partial charge in [0, 0.05) is 38.1 Å². The minimum atomic E-state index is 0.00256. The number of aryl methyl sites for hydroxylation is 1. The number of benzene rings is 1. The molecule has 5 nitrogen and oxygen atoms in total. The molecule has 1 aliphatic carbocycles. The Labute approximate surface area is 174 Å². The minimum absolute atomic E-state index is 0.00256. The topological polar surface area (TPSA) is 41.4 Å². The molecule has 2 aliphatic rings. The van der Waals surface area contributed by atoms with Gasteiger partial charge in [-0.25, -0.2) is 0 Å². The second kappa shape index (κ2) is 9.02. The van der Waals surface area contributed by atoms with Crippen molar-refractivity contribution in [3.63, 3.8) is 0 Å². The molecule has 0 bridgehead atoms. The van der Waals surface area contributed by atoms with Crippen molar-refractivity contribution in [2.45, 2.75) is 70.9 Å². The first-order chi connectivity index (χ1) is 14.1. The van der Waals surface area contributed by atoms with Crippen LogP contribution in [0.15, 0.2) is 30.3 Å². The summed E-state index contributed by atoms with van der Waals surface area (Å²) in [6.07, 6.45) is 10.1. The molecule has 1 aromatic carbocycles. The number of hydrogen-bond donors (Lipinski definition) is 0. The fourth-order valence-corrected chi connectivity index (χ4v) is 4.79. The predicted molar refractivity (Wildman–Crippen MR) is 117 cm³/mol. The Hall–Kier alpha value is -2.30. The van der Waals surface area contributed by atoms with Crippen molar-refractivity contribution in [2.75, 3.05) is 25.0 Å². The molecule has 1 amide bonds. The zero-order valence-corrected chi connectivity index (χ0v) is 17.9. The van der Waals surface area contributed by atoms with E-state index in [9.17, 15) is 4.79 Å². The lowest BCUT2D eigenvalue weighted by atomic mass is 9.95. The fraction of sp³-hybridized carbons (Fsp3) is 0.583. The molecule has 0 unspecified atom stereocenters. The lowest BCUT2D eigenvalue weighted by Gasteiger charge is -2.29. The Morgan fingerprint density at radius 1 is 1.03 bits per heavy atom. The third-order valence-corrected chi connectivity index (χ3v) is 6.49. The van der Waals surface area contributed by atoms with E-state index in [4.69, 9.17) is 5.10 Å². The van der Waals surface area contributed by atoms with Crippen LogP contribution in [0.1, 0.15) is 79.2 Å². The van der Waals surface area contributed by atoms with E-state index in [0.29, 0.717) is 18.3 Å². The third-order valence-electron chi connectivity index (χ3n) is 6.49. The van der Waals surface area contributed by atoms with Crippen molar-refractivity contribution >= 4 is 11.6 Å². The Kier molecular flexibility index (Phi) is 6.22. The first-order valence-corrected chi connectivity index (χ1v) is 11.3. The smallest absolute Gasteiger partial charge is 0.274 e. The molecule has 0 radical (unpaired) electrons. The molecular formula is C24H34N4O. The molecule has 2 aromatic rings. The van der Waals surface area contributed by atoms with E-state index in [1.807, 2.05) is 13.1 Å². The summed E-state index contributed by atoms with van der Waals surface area (Å²) in [5.41, 5.74) is 4.12. The Morgan fingerprint density at radius 2 is 1.69 bits per heavy atom. The van der Waals surface area contributed by atoms with Crippen LogP contribution in [0.2, 0.25) is 0 Å². The first kappa shape index (κ1) is 20.0. The summed E-state index contributed by atoms with van der Waals surface area (Å²) in [6, 6.07) is 11.1. The molecule has 1 saturated carbocycles. The molecular weight excluding hydrogens is 360 g/mol. The van der Waals surface area contributed by atoms with Crippen LogP contribution in [0.25, 0.3) is 0 Å². The maximum absolute atomic E-state index is 13.0. The van der Waals surface area contributed by atoms with E-state index >= 15 is 0 Å². The number of rotatable bonds is 5. The SMILES string of the molecule is Cc1cc(C(=O)N(C)Cc2ccc(N3CCCCC3)cc2)nn1C1CCCCC1. The zero-order chi connectivity index (χ0) is 20.2. The van der Waals surface area contributed by atoms with Gasteiger partial charge in [0.2, 0.25) is 0 Å². The van der Waals surface area contributed by atoms with Crippen LogP contribution >= 0.6 is 0 Å². The summed E-state index contributed by atoms with van der Waals surface area (Å²) >= 11 is 0. The quantitative estimate of drug-likeness (QED) is 0.720. The average Bonchev–Trinajstić information content (AvgIpc) is 3.16. The Morgan fingerprint density at radius 3 is 2.38 bits per heavy atom. The number of carbonyl (C=O) groups excluding carboxylic acids is 1. The van der Waals surface area contributed by atoms with Crippen molar-refractivity contribution in [3.05, 3.63) is 47.3 Å². The summed E-state index contributed by atoms with van der Waals surface area (Å²) in [7, 11) is 1.87. The highest BCUT2D eigenvalue weighted by atomic mass is 16.2. The summed E-state index contributed by atoms with van der Waals surface area (Å²) in [6.45, 7) is 4.98. The van der Waals surface area contributed by atoms with E-state index in [0.717, 1.165) is 24.3 Å². The van der Waals surface area contributed by atoms with Crippen molar-refractivity contribution in [2.24, 2.45) is 0 Å². The van der Waals surface area contributed by atoms with Gasteiger partial charge < -0.3 is 9.80 Å². The zero-order valence-electron chi connectivity index (χ0n) is 17.9. The highest BCUT2D eigenvalue weighted by Gasteiger charge is 2.22. The third kappa shape index (κ3) is 4.65. The van der Waals surface area contributed by atoms with Gasteiger partial charge in [0.15, 0.2) is 5.69 Å². The van der Waals surface area contributed by atoms with Gasteiger partial charge in [-0.1, -0.05) is 31.4 Å². The van der Waals surface area contributed by atoms with Crippen LogP contribution in [0, 0.1) is 6.92 Å². The number of nitrogens with zero attached hydrogens (tertiary/aromatic N) is 4. The van der Waals surface area contributed by atoms with Gasteiger partial charge in [-0.2, -0.15) is 5.10 Å². The maximum atomic E-state index is 13.0. The monoisotopic (exact) mass is 394 g/mol. The molecule has 2 fully saturated rings. The van der Waals surface area contributed by atoms with Crippen LogP contribution in [-0.4, -0.2) is 40.7 Å². The summed E-state index contributed by atoms with van der Waals surface area (Å²) < 4.78 is 2.09. The highest BCUT2D eigenvalue weighted by Crippen LogP contribution is 2.29. The molecule has 0 N–H and O–H groups in total. The molecule has 1 aliphatic heterocycles. The van der Waals surface area contributed by atoms with Crippen LogP contribution in [-0.2, 0) is 6.54 Å². The Balaban J connectivity index is 1.39. The van der Waals surface area contributed by atoms with Gasteiger partial charge in [0.05, 0.1) is 6.04 Å². The fourth-order valence-electron chi connectivity index (χ4n) is 4.79. The predicted octanol–water partition coefficient (Wildman–Crippen LogP) is 4.96. The van der Waals surface area contributed by atoms with Crippen LogP contribution < -0.4 is 4.90 Å². The largest absolute Gasteiger partial charge is 0.372 e. The van der Waals surface area contributed by atoms with E-state index in [-0.39, 0.29) is 5.91 Å². The maximum Gasteiger partial charge on any atom is 0.274 e. The molecule has 0 atom stereocenters. The average molecular weight is 395 g/mol. The van der Waals surface area contributed by atoms with Crippen molar-refractivity contribution < 1.29 is 4.79 Å². The number of amides is 1. The van der Waals surface area contributed by atoms with E-state index in [1.165, 1.54) is 57.1 Å². The second-order valence-electron chi connectivity index (χ2n) is 8.78. The number of carbonyl (C=O) groups is 1. The molecule has 5 heteroatoms. The first-order valence-electron chi connectivity index (χ1n) is 11.3. The summed E-state index contributed by atoms with van der Waals surface area (Å²) in [4.78, 5) is 17.2. The minimum Gasteiger partial charge on any atom is -0.372 e. The molecule has 1 aromatic heterocycles. The van der Waals surface area contributed by atoms with Gasteiger partial charge in [0.1, 0.15) is 0 Å². The van der Waals surface area contributed by atoms with Crippen molar-refractivity contribution in [1.29, 1.82) is 0 Å². The van der Waals surface area contributed by atoms with Gasteiger partial charge >= 0.3 is 0 Å². The van der Waals surface area contributed by atoms with Gasteiger partial charge in [0.25, 0.3) is 5.91 Å².